The summed E-state index contributed by atoms with van der Waals surface area (Å²) in [6.45, 7) is 4.12. The van der Waals surface area contributed by atoms with Gasteiger partial charge >= 0.3 is 0 Å². The molecule has 34 heavy (non-hydrogen) atoms. The fraction of sp³-hybridized carbons (Fsp3) is 0.370. The molecule has 0 radical (unpaired) electrons. The van der Waals surface area contributed by atoms with Crippen LogP contribution in [0.5, 0.6) is 0 Å². The first-order valence-corrected chi connectivity index (χ1v) is 12.1. The summed E-state index contributed by atoms with van der Waals surface area (Å²) in [6.07, 6.45) is 2.38. The zero-order valence-electron chi connectivity index (χ0n) is 19.3. The average molecular weight is 458 g/mol. The third-order valence-corrected chi connectivity index (χ3v) is 6.40. The molecule has 2 N–H and O–H groups in total. The van der Waals surface area contributed by atoms with Gasteiger partial charge in [-0.15, -0.1) is 0 Å². The number of anilines is 2. The summed E-state index contributed by atoms with van der Waals surface area (Å²) >= 11 is 0. The Balaban J connectivity index is 1.39. The number of benzene rings is 2. The SMILES string of the molecule is O=C(NCC1CC1)c1cc(N2CCOCC2)nc(NCC(c2ccccc2)c2ccccc2)n1. The lowest BCUT2D eigenvalue weighted by molar-refractivity contribution is 0.0946. The van der Waals surface area contributed by atoms with Crippen molar-refractivity contribution in [3.05, 3.63) is 83.6 Å². The Labute approximate surface area is 200 Å². The average Bonchev–Trinajstić information content (AvgIpc) is 3.74. The number of hydrogen-bond donors (Lipinski definition) is 2. The number of aromatic nitrogens is 2. The van der Waals surface area contributed by atoms with Gasteiger partial charge in [0.1, 0.15) is 11.5 Å². The highest BCUT2D eigenvalue weighted by Crippen LogP contribution is 2.28. The molecule has 2 aliphatic rings. The Morgan fingerprint density at radius 2 is 1.62 bits per heavy atom. The van der Waals surface area contributed by atoms with E-state index in [1.54, 1.807) is 6.07 Å². The summed E-state index contributed by atoms with van der Waals surface area (Å²) in [5.41, 5.74) is 2.83. The molecule has 2 aromatic carbocycles. The number of nitrogens with zero attached hydrogens (tertiary/aromatic N) is 3. The van der Waals surface area contributed by atoms with Crippen molar-refractivity contribution in [1.82, 2.24) is 15.3 Å². The van der Waals surface area contributed by atoms with E-state index < -0.39 is 0 Å². The molecule has 1 amide bonds. The van der Waals surface area contributed by atoms with Crippen molar-refractivity contribution in [2.24, 2.45) is 5.92 Å². The molecule has 7 nitrogen and oxygen atoms in total. The maximum absolute atomic E-state index is 12.9. The lowest BCUT2D eigenvalue weighted by Gasteiger charge is -2.28. The molecule has 0 atom stereocenters. The van der Waals surface area contributed by atoms with E-state index in [1.807, 2.05) is 12.1 Å². The van der Waals surface area contributed by atoms with E-state index >= 15 is 0 Å². The van der Waals surface area contributed by atoms with Gasteiger partial charge < -0.3 is 20.3 Å². The van der Waals surface area contributed by atoms with Gasteiger partial charge in [0, 0.05) is 38.2 Å². The summed E-state index contributed by atoms with van der Waals surface area (Å²) in [5, 5.41) is 6.47. The zero-order valence-corrected chi connectivity index (χ0v) is 19.3. The molecule has 0 bridgehead atoms. The number of nitrogens with one attached hydrogen (secondary N) is 2. The lowest BCUT2D eigenvalue weighted by atomic mass is 9.91. The van der Waals surface area contributed by atoms with Crippen LogP contribution in [0.25, 0.3) is 0 Å². The summed E-state index contributed by atoms with van der Waals surface area (Å²) in [5.74, 6) is 1.82. The fourth-order valence-corrected chi connectivity index (χ4v) is 4.23. The molecule has 3 aromatic rings. The van der Waals surface area contributed by atoms with Crippen molar-refractivity contribution in [2.45, 2.75) is 18.8 Å². The Bertz CT molecular complexity index is 1040. The number of hydrogen-bond acceptors (Lipinski definition) is 6. The van der Waals surface area contributed by atoms with Crippen molar-refractivity contribution in [1.29, 1.82) is 0 Å². The Hall–Kier alpha value is -3.45. The van der Waals surface area contributed by atoms with Gasteiger partial charge in [0.05, 0.1) is 13.2 Å². The van der Waals surface area contributed by atoms with E-state index in [2.05, 4.69) is 69.0 Å². The zero-order chi connectivity index (χ0) is 23.2. The molecule has 7 heteroatoms. The van der Waals surface area contributed by atoms with Gasteiger partial charge in [-0.3, -0.25) is 4.79 Å². The van der Waals surface area contributed by atoms with E-state index in [0.717, 1.165) is 18.9 Å². The highest BCUT2D eigenvalue weighted by Gasteiger charge is 2.23. The van der Waals surface area contributed by atoms with Gasteiger partial charge in [0.15, 0.2) is 0 Å². The van der Waals surface area contributed by atoms with E-state index in [1.165, 1.54) is 24.0 Å². The first-order valence-electron chi connectivity index (χ1n) is 12.1. The minimum atomic E-state index is -0.144. The van der Waals surface area contributed by atoms with E-state index in [0.29, 0.717) is 43.9 Å². The van der Waals surface area contributed by atoms with Crippen LogP contribution in [0, 0.1) is 5.92 Å². The van der Waals surface area contributed by atoms with E-state index in [4.69, 9.17) is 9.72 Å². The monoisotopic (exact) mass is 457 g/mol. The van der Waals surface area contributed by atoms with Crippen LogP contribution in [0.2, 0.25) is 0 Å². The van der Waals surface area contributed by atoms with Gasteiger partial charge in [-0.05, 0) is 29.9 Å². The van der Waals surface area contributed by atoms with Crippen LogP contribution in [0.15, 0.2) is 66.7 Å². The number of morpholine rings is 1. The lowest BCUT2D eigenvalue weighted by Crippen LogP contribution is -2.37. The Kier molecular flexibility index (Phi) is 7.00. The summed E-state index contributed by atoms with van der Waals surface area (Å²) in [4.78, 5) is 24.4. The Morgan fingerprint density at radius 3 is 2.24 bits per heavy atom. The molecule has 1 saturated heterocycles. The van der Waals surface area contributed by atoms with Crippen LogP contribution >= 0.6 is 0 Å². The van der Waals surface area contributed by atoms with Crippen LogP contribution in [-0.2, 0) is 4.74 Å². The summed E-state index contributed by atoms with van der Waals surface area (Å²) in [6, 6.07) is 22.6. The van der Waals surface area contributed by atoms with Crippen LogP contribution in [0.1, 0.15) is 40.4 Å². The highest BCUT2D eigenvalue weighted by molar-refractivity contribution is 5.93. The third-order valence-electron chi connectivity index (χ3n) is 6.40. The second-order valence-electron chi connectivity index (χ2n) is 8.94. The maximum atomic E-state index is 12.9. The normalized spacial score (nSPS) is 15.9. The summed E-state index contributed by atoms with van der Waals surface area (Å²) in [7, 11) is 0. The van der Waals surface area contributed by atoms with Crippen molar-refractivity contribution in [2.75, 3.05) is 49.6 Å². The van der Waals surface area contributed by atoms with Crippen molar-refractivity contribution in [3.8, 4) is 0 Å². The van der Waals surface area contributed by atoms with Crippen LogP contribution in [0.4, 0.5) is 11.8 Å². The number of ether oxygens (including phenoxy) is 1. The van der Waals surface area contributed by atoms with Gasteiger partial charge in [-0.2, -0.15) is 4.98 Å². The van der Waals surface area contributed by atoms with Gasteiger partial charge in [-0.25, -0.2) is 4.98 Å². The topological polar surface area (TPSA) is 79.4 Å². The van der Waals surface area contributed by atoms with E-state index in [9.17, 15) is 4.79 Å². The molecule has 0 spiro atoms. The molecule has 2 fully saturated rings. The first-order chi connectivity index (χ1) is 16.8. The highest BCUT2D eigenvalue weighted by atomic mass is 16.5. The standard InChI is InChI=1S/C27H31N5O2/c33-26(28-18-20-11-12-20)24-17-25(32-13-15-34-16-14-32)31-27(30-24)29-19-23(21-7-3-1-4-8-21)22-9-5-2-6-10-22/h1-10,17,20,23H,11-16,18-19H2,(H,28,33)(H,29,30,31). The number of carbonyl (C=O) groups is 1. The van der Waals surface area contributed by atoms with E-state index in [-0.39, 0.29) is 11.8 Å². The smallest absolute Gasteiger partial charge is 0.270 e. The summed E-state index contributed by atoms with van der Waals surface area (Å²) < 4.78 is 5.50. The molecule has 0 unspecified atom stereocenters. The minimum Gasteiger partial charge on any atom is -0.378 e. The molecule has 1 saturated carbocycles. The van der Waals surface area contributed by atoms with Crippen molar-refractivity contribution >= 4 is 17.7 Å². The van der Waals surface area contributed by atoms with Crippen molar-refractivity contribution in [3.63, 3.8) is 0 Å². The predicted octanol–water partition coefficient (Wildman–Crippen LogP) is 3.70. The quantitative estimate of drug-likeness (QED) is 0.510. The molecular formula is C27H31N5O2. The maximum Gasteiger partial charge on any atom is 0.270 e. The number of rotatable bonds is 9. The first kappa shape index (κ1) is 22.3. The fourth-order valence-electron chi connectivity index (χ4n) is 4.23. The second kappa shape index (κ2) is 10.7. The predicted molar refractivity (Wildman–Crippen MR) is 133 cm³/mol. The van der Waals surface area contributed by atoms with Crippen LogP contribution in [-0.4, -0.2) is 55.3 Å². The molecule has 5 rings (SSSR count). The number of carbonyl (C=O) groups excluding carboxylic acids is 1. The van der Waals surface area contributed by atoms with Gasteiger partial charge in [-0.1, -0.05) is 60.7 Å². The molecule has 1 aliphatic carbocycles. The van der Waals surface area contributed by atoms with Gasteiger partial charge in [0.25, 0.3) is 5.91 Å². The number of amides is 1. The van der Waals surface area contributed by atoms with Crippen LogP contribution in [0.3, 0.4) is 0 Å². The van der Waals surface area contributed by atoms with Crippen LogP contribution < -0.4 is 15.5 Å². The molecular weight excluding hydrogens is 426 g/mol. The molecule has 2 heterocycles. The Morgan fingerprint density at radius 1 is 0.971 bits per heavy atom. The second-order valence-corrected chi connectivity index (χ2v) is 8.94. The minimum absolute atomic E-state index is 0.130. The van der Waals surface area contributed by atoms with Crippen molar-refractivity contribution < 1.29 is 9.53 Å². The third kappa shape index (κ3) is 5.72. The van der Waals surface area contributed by atoms with Gasteiger partial charge in [0.2, 0.25) is 5.95 Å². The molecule has 1 aliphatic heterocycles. The molecule has 1 aromatic heterocycles. The molecule has 176 valence electrons. The largest absolute Gasteiger partial charge is 0.378 e.